The lowest BCUT2D eigenvalue weighted by atomic mass is 10.0. The molecule has 11 nitrogen and oxygen atoms in total. The number of urea groups is 1. The van der Waals surface area contributed by atoms with Gasteiger partial charge in [0.05, 0.1) is 31.7 Å². The number of amides is 3. The van der Waals surface area contributed by atoms with E-state index in [0.29, 0.717) is 35.1 Å². The second-order valence-corrected chi connectivity index (χ2v) is 9.51. The lowest BCUT2D eigenvalue weighted by Crippen LogP contribution is -2.53. The molecule has 190 valence electrons. The largest absolute Gasteiger partial charge is 0.497 e. The minimum absolute atomic E-state index is 0.178. The maximum atomic E-state index is 13.2. The molecule has 36 heavy (non-hydrogen) atoms. The van der Waals surface area contributed by atoms with E-state index in [4.69, 9.17) is 9.47 Å². The highest BCUT2D eigenvalue weighted by molar-refractivity contribution is 7.19. The summed E-state index contributed by atoms with van der Waals surface area (Å²) in [5.74, 6) is 0.00354. The van der Waals surface area contributed by atoms with Gasteiger partial charge in [0.1, 0.15) is 21.3 Å². The van der Waals surface area contributed by atoms with Crippen molar-refractivity contribution in [2.75, 3.05) is 25.6 Å². The van der Waals surface area contributed by atoms with Crippen molar-refractivity contribution >= 4 is 34.2 Å². The topological polar surface area (TPSA) is 128 Å². The van der Waals surface area contributed by atoms with Crippen LogP contribution >= 0.6 is 11.3 Å². The molecule has 2 aromatic heterocycles. The first-order chi connectivity index (χ1) is 17.3. The third-order valence-electron chi connectivity index (χ3n) is 5.99. The lowest BCUT2D eigenvalue weighted by Gasteiger charge is -2.25. The molecular weight excluding hydrogens is 484 g/mol. The van der Waals surface area contributed by atoms with Gasteiger partial charge in [-0.05, 0) is 44.9 Å². The second-order valence-electron chi connectivity index (χ2n) is 8.51. The van der Waals surface area contributed by atoms with Crippen LogP contribution in [0.2, 0.25) is 0 Å². The number of likely N-dealkylation sites (tertiary alicyclic amines) is 1. The molecule has 1 aromatic carbocycles. The minimum atomic E-state index is -1.08. The van der Waals surface area contributed by atoms with Crippen molar-refractivity contribution in [3.63, 3.8) is 0 Å². The van der Waals surface area contributed by atoms with Gasteiger partial charge in [0.15, 0.2) is 0 Å². The summed E-state index contributed by atoms with van der Waals surface area (Å²) in [6.07, 6.45) is 3.49. The van der Waals surface area contributed by atoms with Crippen molar-refractivity contribution in [3.8, 4) is 10.8 Å². The summed E-state index contributed by atoms with van der Waals surface area (Å²) < 4.78 is 10.4. The molecule has 1 aliphatic rings. The van der Waals surface area contributed by atoms with Crippen molar-refractivity contribution in [1.29, 1.82) is 0 Å². The van der Waals surface area contributed by atoms with Crippen LogP contribution in [0.15, 0.2) is 36.7 Å². The summed E-state index contributed by atoms with van der Waals surface area (Å²) in [5.41, 5.74) is 0.692. The monoisotopic (exact) mass is 512 g/mol. The maximum absolute atomic E-state index is 13.2. The van der Waals surface area contributed by atoms with E-state index in [-0.39, 0.29) is 18.1 Å². The highest BCUT2D eigenvalue weighted by Crippen LogP contribution is 2.36. The summed E-state index contributed by atoms with van der Waals surface area (Å²) in [6, 6.07) is 6.91. The molecule has 0 aliphatic carbocycles. The number of benzene rings is 1. The number of nitrogens with zero attached hydrogens (tertiary/aromatic N) is 4. The van der Waals surface area contributed by atoms with Gasteiger partial charge in [0, 0.05) is 18.7 Å². The molecule has 0 spiro atoms. The highest BCUT2D eigenvalue weighted by Gasteiger charge is 2.44. The van der Waals surface area contributed by atoms with Gasteiger partial charge in [-0.1, -0.05) is 23.5 Å². The van der Waals surface area contributed by atoms with Crippen LogP contribution < -0.4 is 15.4 Å². The molecule has 1 atom stereocenters. The van der Waals surface area contributed by atoms with Crippen molar-refractivity contribution in [1.82, 2.24) is 25.2 Å². The number of nitrogens with one attached hydrogen (secondary N) is 2. The number of thiophene rings is 1. The van der Waals surface area contributed by atoms with Crippen LogP contribution in [0.5, 0.6) is 5.75 Å². The van der Waals surface area contributed by atoms with E-state index >= 15 is 0 Å². The fraction of sp³-hybridized carbons (Fsp3) is 0.375. The molecule has 3 aromatic rings. The van der Waals surface area contributed by atoms with Crippen LogP contribution in [0.3, 0.4) is 0 Å². The fourth-order valence-electron chi connectivity index (χ4n) is 4.07. The minimum Gasteiger partial charge on any atom is -0.497 e. The molecule has 3 heterocycles. The Morgan fingerprint density at radius 2 is 1.89 bits per heavy atom. The normalized spacial score (nSPS) is 17.2. The van der Waals surface area contributed by atoms with Crippen molar-refractivity contribution < 1.29 is 23.9 Å². The molecular formula is C24H28N6O5S. The van der Waals surface area contributed by atoms with Gasteiger partial charge in [0.25, 0.3) is 0 Å². The van der Waals surface area contributed by atoms with Gasteiger partial charge >= 0.3 is 12.0 Å². The Balaban J connectivity index is 1.48. The number of aromatic nitrogens is 3. The predicted octanol–water partition coefficient (Wildman–Crippen LogP) is 3.14. The SMILES string of the molecule is CCOC(=O)c1c(NC(=O)N[C@]2(C)CCN(Cc3ccc(OC)cc3)C2=O)sc(-n2nccn2)c1C. The Morgan fingerprint density at radius 1 is 1.19 bits per heavy atom. The summed E-state index contributed by atoms with van der Waals surface area (Å²) in [4.78, 5) is 41.9. The standard InChI is InChI=1S/C24H28N6O5S/c1-5-35-21(31)18-15(2)20(30-25-11-12-26-30)36-19(18)27-23(33)28-24(3)10-13-29(22(24)32)14-16-6-8-17(34-4)9-7-16/h6-9,11-12H,5,10,13-14H2,1-4H3,(H2,27,28,33)/t24-/m1/s1. The first kappa shape index (κ1) is 25.2. The first-order valence-corrected chi connectivity index (χ1v) is 12.3. The van der Waals surface area contributed by atoms with Crippen LogP contribution in [0, 0.1) is 6.92 Å². The second kappa shape index (κ2) is 10.4. The average Bonchev–Trinajstić information content (AvgIpc) is 3.55. The Hall–Kier alpha value is -3.93. The van der Waals surface area contributed by atoms with Crippen LogP contribution in [0.1, 0.15) is 41.8 Å². The number of hydrogen-bond acceptors (Lipinski definition) is 8. The van der Waals surface area contributed by atoms with Gasteiger partial charge in [0.2, 0.25) is 5.91 Å². The molecule has 3 amide bonds. The van der Waals surface area contributed by atoms with Crippen molar-refractivity contribution in [2.24, 2.45) is 0 Å². The first-order valence-electron chi connectivity index (χ1n) is 11.4. The van der Waals surface area contributed by atoms with Gasteiger partial charge in [-0.2, -0.15) is 10.2 Å². The van der Waals surface area contributed by atoms with Crippen LogP contribution in [-0.2, 0) is 16.1 Å². The van der Waals surface area contributed by atoms with Crippen LogP contribution in [0.25, 0.3) is 5.00 Å². The molecule has 4 rings (SSSR count). The van der Waals surface area contributed by atoms with E-state index in [0.717, 1.165) is 22.6 Å². The summed E-state index contributed by atoms with van der Waals surface area (Å²) >= 11 is 1.15. The van der Waals surface area contributed by atoms with E-state index in [2.05, 4.69) is 20.8 Å². The fourth-order valence-corrected chi connectivity index (χ4v) is 5.18. The Kier molecular flexibility index (Phi) is 7.25. The molecule has 1 fully saturated rings. The van der Waals surface area contributed by atoms with Gasteiger partial charge in [-0.3, -0.25) is 10.1 Å². The molecule has 0 bridgehead atoms. The van der Waals surface area contributed by atoms with E-state index in [1.807, 2.05) is 24.3 Å². The van der Waals surface area contributed by atoms with Crippen LogP contribution in [-0.4, -0.2) is 63.6 Å². The molecule has 1 saturated heterocycles. The Labute approximate surface area is 212 Å². The van der Waals surface area contributed by atoms with E-state index in [1.54, 1.807) is 32.8 Å². The number of carbonyl (C=O) groups excluding carboxylic acids is 3. The zero-order valence-corrected chi connectivity index (χ0v) is 21.3. The predicted molar refractivity (Wildman–Crippen MR) is 134 cm³/mol. The van der Waals surface area contributed by atoms with Crippen LogP contribution in [0.4, 0.5) is 9.80 Å². The van der Waals surface area contributed by atoms with Gasteiger partial charge in [-0.15, -0.1) is 4.80 Å². The third kappa shape index (κ3) is 5.03. The molecule has 0 unspecified atom stereocenters. The highest BCUT2D eigenvalue weighted by atomic mass is 32.1. The summed E-state index contributed by atoms with van der Waals surface area (Å²) in [5, 5.41) is 14.7. The number of ether oxygens (including phenoxy) is 2. The van der Waals surface area contributed by atoms with E-state index in [1.165, 1.54) is 17.2 Å². The number of methoxy groups -OCH3 is 1. The molecule has 12 heteroatoms. The maximum Gasteiger partial charge on any atom is 0.341 e. The van der Waals surface area contributed by atoms with E-state index < -0.39 is 17.5 Å². The molecule has 0 radical (unpaired) electrons. The lowest BCUT2D eigenvalue weighted by molar-refractivity contribution is -0.132. The summed E-state index contributed by atoms with van der Waals surface area (Å²) in [7, 11) is 1.60. The zero-order valence-electron chi connectivity index (χ0n) is 20.5. The van der Waals surface area contributed by atoms with Gasteiger partial charge in [-0.25, -0.2) is 9.59 Å². The smallest absolute Gasteiger partial charge is 0.341 e. The van der Waals surface area contributed by atoms with Crippen molar-refractivity contribution in [2.45, 2.75) is 39.3 Å². The Bertz CT molecular complexity index is 1260. The van der Waals surface area contributed by atoms with Gasteiger partial charge < -0.3 is 19.7 Å². The number of hydrogen-bond donors (Lipinski definition) is 2. The molecule has 2 N–H and O–H groups in total. The summed E-state index contributed by atoms with van der Waals surface area (Å²) in [6.45, 7) is 6.27. The molecule has 1 aliphatic heterocycles. The zero-order chi connectivity index (χ0) is 25.9. The molecule has 0 saturated carbocycles. The van der Waals surface area contributed by atoms with Crippen molar-refractivity contribution in [3.05, 3.63) is 53.3 Å². The number of esters is 1. The average molecular weight is 513 g/mol. The number of anilines is 1. The third-order valence-corrected chi connectivity index (χ3v) is 7.16. The number of carbonyl (C=O) groups is 3. The quantitative estimate of drug-likeness (QED) is 0.444. The van der Waals surface area contributed by atoms with E-state index in [9.17, 15) is 14.4 Å². The number of rotatable bonds is 8. The Morgan fingerprint density at radius 3 is 2.53 bits per heavy atom.